The molecule has 2 amide bonds. The van der Waals surface area contributed by atoms with Crippen molar-refractivity contribution in [3.8, 4) is 0 Å². The predicted octanol–water partition coefficient (Wildman–Crippen LogP) is 3.10. The monoisotopic (exact) mass is 357 g/mol. The van der Waals surface area contributed by atoms with Crippen LogP contribution in [-0.2, 0) is 11.3 Å². The van der Waals surface area contributed by atoms with Gasteiger partial charge in [0.2, 0.25) is 0 Å². The van der Waals surface area contributed by atoms with Gasteiger partial charge in [-0.05, 0) is 36.7 Å². The second-order valence-electron chi connectivity index (χ2n) is 8.61. The summed E-state index contributed by atoms with van der Waals surface area (Å²) in [6.07, 6.45) is 3.56. The Labute approximate surface area is 156 Å². The van der Waals surface area contributed by atoms with Crippen molar-refractivity contribution in [1.82, 2.24) is 15.5 Å². The van der Waals surface area contributed by atoms with E-state index in [0.717, 1.165) is 31.2 Å². The number of benzene rings is 1. The molecule has 0 spiro atoms. The zero-order chi connectivity index (χ0) is 18.7. The van der Waals surface area contributed by atoms with Crippen LogP contribution in [0.15, 0.2) is 30.3 Å². The molecule has 2 saturated heterocycles. The lowest BCUT2D eigenvalue weighted by atomic mass is 9.86. The fraction of sp³-hybridized carbons (Fsp3) is 0.619. The van der Waals surface area contributed by atoms with E-state index < -0.39 is 0 Å². The molecule has 0 radical (unpaired) electrons. The van der Waals surface area contributed by atoms with Crippen LogP contribution in [0, 0.1) is 5.41 Å². The van der Waals surface area contributed by atoms with Gasteiger partial charge in [-0.3, -0.25) is 4.79 Å². The van der Waals surface area contributed by atoms with Crippen molar-refractivity contribution in [1.29, 1.82) is 0 Å². The smallest absolute Gasteiger partial charge is 0.318 e. The van der Waals surface area contributed by atoms with Crippen LogP contribution in [0.2, 0.25) is 0 Å². The molecule has 3 rings (SSSR count). The van der Waals surface area contributed by atoms with Gasteiger partial charge < -0.3 is 15.5 Å². The third-order valence-electron chi connectivity index (χ3n) is 5.66. The highest BCUT2D eigenvalue weighted by Crippen LogP contribution is 2.30. The summed E-state index contributed by atoms with van der Waals surface area (Å²) in [6.45, 7) is 7.76. The highest BCUT2D eigenvalue weighted by Gasteiger charge is 2.41. The number of hydrogen-bond acceptors (Lipinski definition) is 3. The highest BCUT2D eigenvalue weighted by atomic mass is 16.2. The predicted molar refractivity (Wildman–Crippen MR) is 103 cm³/mol. The summed E-state index contributed by atoms with van der Waals surface area (Å²) in [5.74, 6) is 0.184. The van der Waals surface area contributed by atoms with E-state index in [-0.39, 0.29) is 29.3 Å². The number of urea groups is 1. The number of nitrogens with zero attached hydrogens (tertiary/aromatic N) is 1. The standard InChI is InChI=1S/C21H31N3O2/c1-21(2,3)18-12-11-16(23-18)19(25)17-10-7-13-24(17)20(26)22-14-15-8-5-4-6-9-15/h4-6,8-9,16-18,23H,7,10-14H2,1-3H3,(H,22,26)/t16-,17?,18?/m0/s1. The second-order valence-corrected chi connectivity index (χ2v) is 8.61. The first kappa shape index (κ1) is 18.9. The van der Waals surface area contributed by atoms with Crippen molar-refractivity contribution in [3.63, 3.8) is 0 Å². The van der Waals surface area contributed by atoms with Crippen LogP contribution >= 0.6 is 0 Å². The van der Waals surface area contributed by atoms with E-state index in [1.807, 2.05) is 30.3 Å². The van der Waals surface area contributed by atoms with Crippen molar-refractivity contribution < 1.29 is 9.59 Å². The van der Waals surface area contributed by atoms with Crippen LogP contribution in [0.1, 0.15) is 52.0 Å². The third kappa shape index (κ3) is 4.26. The molecule has 26 heavy (non-hydrogen) atoms. The molecule has 5 nitrogen and oxygen atoms in total. The number of amides is 2. The van der Waals surface area contributed by atoms with Crippen molar-refractivity contribution in [2.24, 2.45) is 5.41 Å². The van der Waals surface area contributed by atoms with Gasteiger partial charge in [-0.25, -0.2) is 4.79 Å². The minimum atomic E-state index is -0.290. The number of ketones is 1. The molecular formula is C21H31N3O2. The van der Waals surface area contributed by atoms with Gasteiger partial charge in [0.05, 0.1) is 12.1 Å². The molecule has 0 aromatic heterocycles. The number of carbonyl (C=O) groups excluding carboxylic acids is 2. The lowest BCUT2D eigenvalue weighted by Crippen LogP contribution is -2.51. The third-order valence-corrected chi connectivity index (χ3v) is 5.66. The quantitative estimate of drug-likeness (QED) is 0.870. The molecule has 0 aliphatic carbocycles. The molecule has 2 unspecified atom stereocenters. The molecule has 2 N–H and O–H groups in total. The molecule has 2 aliphatic rings. The van der Waals surface area contributed by atoms with E-state index in [1.54, 1.807) is 4.90 Å². The van der Waals surface area contributed by atoms with Gasteiger partial charge in [-0.1, -0.05) is 51.1 Å². The van der Waals surface area contributed by atoms with E-state index in [9.17, 15) is 9.59 Å². The summed E-state index contributed by atoms with van der Waals surface area (Å²) in [7, 11) is 0. The summed E-state index contributed by atoms with van der Waals surface area (Å²) in [4.78, 5) is 27.4. The molecule has 0 bridgehead atoms. The Morgan fingerprint density at radius 2 is 1.88 bits per heavy atom. The zero-order valence-corrected chi connectivity index (χ0v) is 16.1. The van der Waals surface area contributed by atoms with E-state index >= 15 is 0 Å². The summed E-state index contributed by atoms with van der Waals surface area (Å²) in [6, 6.07) is 9.67. The lowest BCUT2D eigenvalue weighted by Gasteiger charge is -2.29. The molecule has 1 aromatic rings. The summed E-state index contributed by atoms with van der Waals surface area (Å²) in [5.41, 5.74) is 1.21. The molecule has 2 heterocycles. The average Bonchev–Trinajstić information content (AvgIpc) is 3.29. The Balaban J connectivity index is 1.57. The average molecular weight is 357 g/mol. The molecule has 142 valence electrons. The number of likely N-dealkylation sites (tertiary alicyclic amines) is 1. The summed E-state index contributed by atoms with van der Waals surface area (Å²) < 4.78 is 0. The SMILES string of the molecule is CC(C)(C)C1CC[C@@H](C(=O)C2CCCN2C(=O)NCc2ccccc2)N1. The van der Waals surface area contributed by atoms with Gasteiger partial charge in [0.25, 0.3) is 0 Å². The van der Waals surface area contributed by atoms with Gasteiger partial charge in [0, 0.05) is 19.1 Å². The number of carbonyl (C=O) groups is 2. The number of Topliss-reactive ketones (excluding diaryl/α,β-unsaturated/α-hetero) is 1. The van der Waals surface area contributed by atoms with Gasteiger partial charge in [0.15, 0.2) is 5.78 Å². The first-order valence-electron chi connectivity index (χ1n) is 9.74. The molecule has 0 saturated carbocycles. The van der Waals surface area contributed by atoms with Gasteiger partial charge >= 0.3 is 6.03 Å². The van der Waals surface area contributed by atoms with Crippen molar-refractivity contribution in [3.05, 3.63) is 35.9 Å². The Morgan fingerprint density at radius 1 is 1.15 bits per heavy atom. The molecular weight excluding hydrogens is 326 g/mol. The summed E-state index contributed by atoms with van der Waals surface area (Å²) >= 11 is 0. The van der Waals surface area contributed by atoms with E-state index in [0.29, 0.717) is 19.1 Å². The van der Waals surface area contributed by atoms with Crippen molar-refractivity contribution in [2.75, 3.05) is 6.54 Å². The highest BCUT2D eigenvalue weighted by molar-refractivity contribution is 5.93. The number of rotatable bonds is 4. The number of hydrogen-bond donors (Lipinski definition) is 2. The van der Waals surface area contributed by atoms with Gasteiger partial charge in [-0.15, -0.1) is 0 Å². The maximum atomic E-state index is 13.0. The minimum Gasteiger partial charge on any atom is -0.334 e. The van der Waals surface area contributed by atoms with Crippen LogP contribution in [0.3, 0.4) is 0 Å². The lowest BCUT2D eigenvalue weighted by molar-refractivity contribution is -0.124. The van der Waals surface area contributed by atoms with Crippen molar-refractivity contribution in [2.45, 2.75) is 71.1 Å². The molecule has 2 fully saturated rings. The molecule has 1 aromatic carbocycles. The Bertz CT molecular complexity index is 638. The van der Waals surface area contributed by atoms with Crippen LogP contribution < -0.4 is 10.6 Å². The maximum Gasteiger partial charge on any atom is 0.318 e. The number of nitrogens with one attached hydrogen (secondary N) is 2. The van der Waals surface area contributed by atoms with Crippen LogP contribution in [0.5, 0.6) is 0 Å². The van der Waals surface area contributed by atoms with Crippen LogP contribution in [-0.4, -0.2) is 41.4 Å². The van der Waals surface area contributed by atoms with Crippen molar-refractivity contribution >= 4 is 11.8 Å². The normalized spacial score (nSPS) is 26.1. The Hall–Kier alpha value is -1.88. The Kier molecular flexibility index (Phi) is 5.66. The van der Waals surface area contributed by atoms with Gasteiger partial charge in [0.1, 0.15) is 0 Å². The Morgan fingerprint density at radius 3 is 2.54 bits per heavy atom. The first-order chi connectivity index (χ1) is 12.4. The molecule has 3 atom stereocenters. The fourth-order valence-corrected chi connectivity index (χ4v) is 4.06. The van der Waals surface area contributed by atoms with Crippen LogP contribution in [0.4, 0.5) is 4.79 Å². The maximum absolute atomic E-state index is 13.0. The fourth-order valence-electron chi connectivity index (χ4n) is 4.06. The largest absolute Gasteiger partial charge is 0.334 e. The molecule has 2 aliphatic heterocycles. The topological polar surface area (TPSA) is 61.4 Å². The summed E-state index contributed by atoms with van der Waals surface area (Å²) in [5, 5.41) is 6.48. The van der Waals surface area contributed by atoms with E-state index in [1.165, 1.54) is 0 Å². The van der Waals surface area contributed by atoms with E-state index in [4.69, 9.17) is 0 Å². The second kappa shape index (κ2) is 7.78. The molecule has 5 heteroatoms. The first-order valence-corrected chi connectivity index (χ1v) is 9.74. The zero-order valence-electron chi connectivity index (χ0n) is 16.1. The minimum absolute atomic E-state index is 0.119. The van der Waals surface area contributed by atoms with Gasteiger partial charge in [-0.2, -0.15) is 0 Å². The van der Waals surface area contributed by atoms with Crippen LogP contribution in [0.25, 0.3) is 0 Å². The van der Waals surface area contributed by atoms with E-state index in [2.05, 4.69) is 31.4 Å².